The molecule has 0 rings (SSSR count). The number of hydrogen-bond acceptors (Lipinski definition) is 5. The fourth-order valence-electron chi connectivity index (χ4n) is 0.735. The Hall–Kier alpha value is -0.650. The van der Waals surface area contributed by atoms with Crippen molar-refractivity contribution in [3.8, 4) is 0 Å². The Labute approximate surface area is 97.1 Å². The van der Waals surface area contributed by atoms with Crippen molar-refractivity contribution >= 4 is 5.97 Å². The third-order valence-corrected chi connectivity index (χ3v) is 1.57. The predicted molar refractivity (Wildman–Crippen MR) is 61.0 cm³/mol. The number of rotatable bonds is 8. The summed E-state index contributed by atoms with van der Waals surface area (Å²) in [6, 6.07) is 0. The lowest BCUT2D eigenvalue weighted by Gasteiger charge is -2.00. The van der Waals surface area contributed by atoms with E-state index in [0.717, 1.165) is 19.3 Å². The first-order valence-corrected chi connectivity index (χ1v) is 5.71. The van der Waals surface area contributed by atoms with Crippen molar-refractivity contribution in [2.24, 2.45) is 0 Å². The molecule has 0 aromatic carbocycles. The van der Waals surface area contributed by atoms with Gasteiger partial charge in [0.15, 0.2) is 0 Å². The lowest BCUT2D eigenvalue weighted by molar-refractivity contribution is -0.143. The van der Waals surface area contributed by atoms with Crippen molar-refractivity contribution in [2.75, 3.05) is 26.4 Å². The van der Waals surface area contributed by atoms with Crippen molar-refractivity contribution in [3.63, 3.8) is 0 Å². The summed E-state index contributed by atoms with van der Waals surface area (Å²) in [6.45, 7) is 2.88. The van der Waals surface area contributed by atoms with Gasteiger partial charge < -0.3 is 20.1 Å². The summed E-state index contributed by atoms with van der Waals surface area (Å²) in [5, 5.41) is 24.5. The Balaban J connectivity index is 0. The second kappa shape index (κ2) is 16.8. The smallest absolute Gasteiger partial charge is 0.305 e. The zero-order chi connectivity index (χ0) is 12.6. The maximum atomic E-state index is 10.6. The highest BCUT2D eigenvalue weighted by atomic mass is 16.5. The molecule has 0 aromatic heterocycles. The number of hydrogen-bond donors (Lipinski definition) is 3. The molecular formula is C11H24O5. The summed E-state index contributed by atoms with van der Waals surface area (Å²) >= 11 is 0. The first kappa shape index (κ1) is 17.7. The molecular weight excluding hydrogens is 212 g/mol. The molecule has 0 unspecified atom stereocenters. The largest absolute Gasteiger partial charge is 0.466 e. The molecule has 0 radical (unpaired) electrons. The molecule has 3 N–H and O–H groups in total. The Morgan fingerprint density at radius 1 is 1.00 bits per heavy atom. The molecule has 0 aromatic rings. The number of ether oxygens (including phenoxy) is 1. The van der Waals surface area contributed by atoms with E-state index in [1.165, 1.54) is 0 Å². The first-order valence-electron chi connectivity index (χ1n) is 5.71. The lowest BCUT2D eigenvalue weighted by atomic mass is 10.3. The molecule has 5 heteroatoms. The van der Waals surface area contributed by atoms with Crippen molar-refractivity contribution in [1.82, 2.24) is 0 Å². The average Bonchev–Trinajstić information content (AvgIpc) is 2.32. The summed E-state index contributed by atoms with van der Waals surface area (Å²) < 4.78 is 4.74. The van der Waals surface area contributed by atoms with Gasteiger partial charge in [0.05, 0.1) is 6.61 Å². The van der Waals surface area contributed by atoms with E-state index in [1.54, 1.807) is 0 Å². The molecule has 0 spiro atoms. The van der Waals surface area contributed by atoms with Gasteiger partial charge in [-0.05, 0) is 25.7 Å². The van der Waals surface area contributed by atoms with Gasteiger partial charge in [-0.25, -0.2) is 0 Å². The van der Waals surface area contributed by atoms with Crippen LogP contribution < -0.4 is 0 Å². The first-order chi connectivity index (χ1) is 7.72. The number of carbonyl (C=O) groups is 1. The molecule has 16 heavy (non-hydrogen) atoms. The molecule has 0 heterocycles. The van der Waals surface area contributed by atoms with Crippen molar-refractivity contribution in [1.29, 1.82) is 0 Å². The van der Waals surface area contributed by atoms with Crippen LogP contribution in [0.4, 0.5) is 0 Å². The van der Waals surface area contributed by atoms with Crippen LogP contribution in [0.5, 0.6) is 0 Å². The Kier molecular flexibility index (Phi) is 18.6. The molecule has 0 aliphatic heterocycles. The van der Waals surface area contributed by atoms with Crippen LogP contribution in [0.25, 0.3) is 0 Å². The van der Waals surface area contributed by atoms with Crippen LogP contribution in [0, 0.1) is 0 Å². The topological polar surface area (TPSA) is 87.0 Å². The highest BCUT2D eigenvalue weighted by Gasteiger charge is 1.99. The summed E-state index contributed by atoms with van der Waals surface area (Å²) in [6.07, 6.45) is 3.12. The van der Waals surface area contributed by atoms with Gasteiger partial charge in [0.1, 0.15) is 0 Å². The Bertz CT molecular complexity index is 124. The van der Waals surface area contributed by atoms with Crippen molar-refractivity contribution in [2.45, 2.75) is 39.0 Å². The van der Waals surface area contributed by atoms with Crippen LogP contribution in [-0.4, -0.2) is 47.7 Å². The van der Waals surface area contributed by atoms with Gasteiger partial charge in [-0.1, -0.05) is 6.92 Å². The van der Waals surface area contributed by atoms with E-state index < -0.39 is 0 Å². The molecule has 0 aliphatic carbocycles. The molecule has 0 bridgehead atoms. The van der Waals surface area contributed by atoms with Crippen molar-refractivity contribution in [3.05, 3.63) is 0 Å². The van der Waals surface area contributed by atoms with E-state index in [2.05, 4.69) is 0 Å². The van der Waals surface area contributed by atoms with Gasteiger partial charge in [-0.2, -0.15) is 0 Å². The number of carbonyl (C=O) groups excluding carboxylic acids is 1. The fourth-order valence-corrected chi connectivity index (χ4v) is 0.735. The molecule has 0 saturated carbocycles. The van der Waals surface area contributed by atoms with Crippen LogP contribution in [0.15, 0.2) is 0 Å². The lowest BCUT2D eigenvalue weighted by Crippen LogP contribution is -2.05. The summed E-state index contributed by atoms with van der Waals surface area (Å²) in [5.41, 5.74) is 0. The number of aliphatic hydroxyl groups is 3. The number of esters is 1. The van der Waals surface area contributed by atoms with Crippen LogP contribution in [-0.2, 0) is 9.53 Å². The van der Waals surface area contributed by atoms with Gasteiger partial charge in [-0.15, -0.1) is 0 Å². The van der Waals surface area contributed by atoms with Gasteiger partial charge in [0.25, 0.3) is 0 Å². The second-order valence-corrected chi connectivity index (χ2v) is 3.20. The zero-order valence-electron chi connectivity index (χ0n) is 10.0. The standard InChI is InChI=1S/C7H14O3.C4H10O2/c1-2-6-10-7(9)4-3-5-8;5-3-1-2-4-6/h8H,2-6H2,1H3;5-6H,1-4H2. The van der Waals surface area contributed by atoms with Crippen LogP contribution in [0.3, 0.4) is 0 Å². The van der Waals surface area contributed by atoms with Crippen LogP contribution in [0.2, 0.25) is 0 Å². The third kappa shape index (κ3) is 19.0. The highest BCUT2D eigenvalue weighted by molar-refractivity contribution is 5.69. The van der Waals surface area contributed by atoms with E-state index in [1.807, 2.05) is 6.92 Å². The van der Waals surface area contributed by atoms with E-state index in [-0.39, 0.29) is 25.8 Å². The van der Waals surface area contributed by atoms with Gasteiger partial charge in [-0.3, -0.25) is 4.79 Å². The maximum Gasteiger partial charge on any atom is 0.305 e. The zero-order valence-corrected chi connectivity index (χ0v) is 10.0. The molecule has 0 saturated heterocycles. The predicted octanol–water partition coefficient (Wildman–Crippen LogP) is 0.463. The van der Waals surface area contributed by atoms with Gasteiger partial charge >= 0.3 is 5.97 Å². The highest BCUT2D eigenvalue weighted by Crippen LogP contribution is 1.91. The molecule has 0 atom stereocenters. The molecule has 0 aliphatic rings. The van der Waals surface area contributed by atoms with Crippen LogP contribution >= 0.6 is 0 Å². The summed E-state index contributed by atoms with van der Waals surface area (Å²) in [7, 11) is 0. The number of unbranched alkanes of at least 4 members (excludes halogenated alkanes) is 1. The van der Waals surface area contributed by atoms with E-state index >= 15 is 0 Å². The van der Waals surface area contributed by atoms with E-state index in [0.29, 0.717) is 19.4 Å². The van der Waals surface area contributed by atoms with Gasteiger partial charge in [0.2, 0.25) is 0 Å². The Morgan fingerprint density at radius 2 is 1.50 bits per heavy atom. The number of aliphatic hydroxyl groups excluding tert-OH is 3. The van der Waals surface area contributed by atoms with E-state index in [4.69, 9.17) is 20.1 Å². The molecule has 0 fully saturated rings. The minimum Gasteiger partial charge on any atom is -0.466 e. The quantitative estimate of drug-likeness (QED) is 0.421. The minimum absolute atomic E-state index is 0.0568. The SMILES string of the molecule is CCCOC(=O)CCCO.OCCCCO. The molecule has 98 valence electrons. The Morgan fingerprint density at radius 3 is 1.88 bits per heavy atom. The minimum atomic E-state index is -0.212. The van der Waals surface area contributed by atoms with Crippen molar-refractivity contribution < 1.29 is 24.9 Å². The van der Waals surface area contributed by atoms with E-state index in [9.17, 15) is 4.79 Å². The fraction of sp³-hybridized carbons (Fsp3) is 0.909. The second-order valence-electron chi connectivity index (χ2n) is 3.20. The monoisotopic (exact) mass is 236 g/mol. The summed E-state index contributed by atoms with van der Waals surface area (Å²) in [4.78, 5) is 10.6. The third-order valence-electron chi connectivity index (χ3n) is 1.57. The van der Waals surface area contributed by atoms with Gasteiger partial charge in [0, 0.05) is 26.2 Å². The molecule has 5 nitrogen and oxygen atoms in total. The maximum absolute atomic E-state index is 10.6. The summed E-state index contributed by atoms with van der Waals surface area (Å²) in [5.74, 6) is -0.212. The normalized spacial score (nSPS) is 9.25. The van der Waals surface area contributed by atoms with Crippen LogP contribution in [0.1, 0.15) is 39.0 Å². The molecule has 0 amide bonds. The average molecular weight is 236 g/mol.